The van der Waals surface area contributed by atoms with E-state index < -0.39 is 10.8 Å². The molecule has 0 unspecified atom stereocenters. The normalized spacial score (nSPS) is 13.8. The maximum absolute atomic E-state index is 2.53. The monoisotopic (exact) mass is 977 g/mol. The zero-order chi connectivity index (χ0) is 51.0. The highest BCUT2D eigenvalue weighted by atomic mass is 15.1. The van der Waals surface area contributed by atoms with Gasteiger partial charge in [0.1, 0.15) is 0 Å². The lowest BCUT2D eigenvalue weighted by atomic mass is 9.70. The van der Waals surface area contributed by atoms with E-state index in [1.807, 2.05) is 0 Å². The molecule has 0 amide bonds. The largest absolute Gasteiger partial charge is 0.310 e. The predicted molar refractivity (Wildman–Crippen MR) is 320 cm³/mol. The van der Waals surface area contributed by atoms with Crippen molar-refractivity contribution in [3.8, 4) is 77.9 Å². The van der Waals surface area contributed by atoms with Crippen LogP contribution in [0.1, 0.15) is 55.6 Å². The zero-order valence-corrected chi connectivity index (χ0v) is 42.9. The van der Waals surface area contributed by atoms with Crippen LogP contribution in [-0.2, 0) is 10.8 Å². The first-order valence-corrected chi connectivity index (χ1v) is 27.1. The summed E-state index contributed by atoms with van der Waals surface area (Å²) in [7, 11) is 0. The quantitative estimate of drug-likeness (QED) is 0.160. The Hall–Kier alpha value is -9.56. The summed E-state index contributed by atoms with van der Waals surface area (Å²) >= 11 is 0. The van der Waals surface area contributed by atoms with Crippen LogP contribution in [0.5, 0.6) is 0 Å². The Morgan fingerprint density at radius 1 is 0.208 bits per heavy atom. The SMILES string of the molecule is Cc1cc(C)cc(-c2cc(-c3ccccc3)cc(-c3ccc(N(c4ccc5c(c4)C4(c6ccccc6-c6ccccc64)c4ccccc4-5)c4ccc5c(c4)C4(c6ccccc6-c6ccccc64)c4ccccc4-5)cc3)c2)c1. The molecule has 1 nitrogen and oxygen atoms in total. The number of rotatable bonds is 6. The maximum atomic E-state index is 2.53. The van der Waals surface area contributed by atoms with E-state index in [0.29, 0.717) is 0 Å². The van der Waals surface area contributed by atoms with Gasteiger partial charge < -0.3 is 4.90 Å². The van der Waals surface area contributed by atoms with Crippen molar-refractivity contribution in [3.05, 3.63) is 329 Å². The van der Waals surface area contributed by atoms with Crippen LogP contribution in [0.4, 0.5) is 17.1 Å². The average Bonchev–Trinajstić information content (AvgIpc) is 4.23. The van der Waals surface area contributed by atoms with Gasteiger partial charge in [0.05, 0.1) is 10.8 Å². The van der Waals surface area contributed by atoms with E-state index in [2.05, 4.69) is 292 Å². The molecule has 0 heterocycles. The van der Waals surface area contributed by atoms with Gasteiger partial charge in [-0.3, -0.25) is 0 Å². The van der Waals surface area contributed by atoms with Crippen LogP contribution in [0.25, 0.3) is 77.9 Å². The Morgan fingerprint density at radius 2 is 0.494 bits per heavy atom. The predicted octanol–water partition coefficient (Wildman–Crippen LogP) is 19.5. The Bertz CT molecular complexity index is 4080. The van der Waals surface area contributed by atoms with Gasteiger partial charge in [0.25, 0.3) is 0 Å². The second kappa shape index (κ2) is 16.5. The lowest BCUT2D eigenvalue weighted by molar-refractivity contribution is 0.792. The third-order valence-corrected chi connectivity index (χ3v) is 17.5. The van der Waals surface area contributed by atoms with Crippen LogP contribution >= 0.6 is 0 Å². The summed E-state index contributed by atoms with van der Waals surface area (Å²) in [6.45, 7) is 4.39. The summed E-state index contributed by atoms with van der Waals surface area (Å²) in [5, 5.41) is 0. The molecule has 0 fully saturated rings. The van der Waals surface area contributed by atoms with Gasteiger partial charge >= 0.3 is 0 Å². The molecule has 4 aliphatic rings. The molecule has 0 aliphatic heterocycles. The van der Waals surface area contributed by atoms with Crippen LogP contribution in [-0.4, -0.2) is 0 Å². The minimum absolute atomic E-state index is 0.483. The fraction of sp³-hybridized carbons (Fsp3) is 0.0526. The molecule has 1 heteroatoms. The van der Waals surface area contributed by atoms with Crippen molar-refractivity contribution in [2.24, 2.45) is 0 Å². The van der Waals surface area contributed by atoms with E-state index in [0.717, 1.165) is 17.1 Å². The molecule has 0 atom stereocenters. The molecule has 4 aliphatic carbocycles. The van der Waals surface area contributed by atoms with Crippen LogP contribution in [0, 0.1) is 13.8 Å². The molecule has 0 aromatic heterocycles. The van der Waals surface area contributed by atoms with Gasteiger partial charge in [0.2, 0.25) is 0 Å². The third kappa shape index (κ3) is 6.11. The Kier molecular flexibility index (Phi) is 9.37. The maximum Gasteiger partial charge on any atom is 0.0726 e. The molecule has 0 bridgehead atoms. The van der Waals surface area contributed by atoms with E-state index in [1.54, 1.807) is 0 Å². The van der Waals surface area contributed by atoms with Crippen molar-refractivity contribution in [1.82, 2.24) is 0 Å². The minimum atomic E-state index is -0.483. The Balaban J connectivity index is 0.926. The van der Waals surface area contributed by atoms with Crippen LogP contribution in [0.15, 0.2) is 273 Å². The highest BCUT2D eigenvalue weighted by molar-refractivity contribution is 5.99. The van der Waals surface area contributed by atoms with Gasteiger partial charge in [-0.05, 0) is 191 Å². The summed E-state index contributed by atoms with van der Waals surface area (Å²) in [5.74, 6) is 0. The van der Waals surface area contributed by atoms with E-state index >= 15 is 0 Å². The van der Waals surface area contributed by atoms with Crippen LogP contribution in [0.2, 0.25) is 0 Å². The number of aryl methyl sites for hydroxylation is 2. The standard InChI is InChI=1S/C76H51N/c1-48-40-49(2)42-52(41-48)55-44-53(50-18-4-3-5-19-50)43-54(45-55)51-32-34-56(35-33-51)77(57-36-38-65-63-24-10-16-30-71(63)75(73(65)46-57)67-26-12-6-20-59(67)60-21-7-13-27-68(60)75)58-37-39-66-64-25-11-17-31-72(64)76(74(66)47-58)69-28-14-8-22-61(69)62-23-9-15-29-70(62)76/h3-47H,1-2H3. The average molecular weight is 978 g/mol. The number of hydrogen-bond acceptors (Lipinski definition) is 1. The fourth-order valence-corrected chi connectivity index (χ4v) is 14.6. The Labute approximate surface area is 450 Å². The summed E-state index contributed by atoms with van der Waals surface area (Å²) in [4.78, 5) is 2.53. The smallest absolute Gasteiger partial charge is 0.0726 e. The molecule has 16 rings (SSSR count). The lowest BCUT2D eigenvalue weighted by Gasteiger charge is -2.33. The van der Waals surface area contributed by atoms with Gasteiger partial charge in [0.15, 0.2) is 0 Å². The highest BCUT2D eigenvalue weighted by Gasteiger charge is 2.53. The number of nitrogens with zero attached hydrogens (tertiary/aromatic N) is 1. The van der Waals surface area contributed by atoms with E-state index in [-0.39, 0.29) is 0 Å². The number of hydrogen-bond donors (Lipinski definition) is 0. The van der Waals surface area contributed by atoms with Crippen LogP contribution < -0.4 is 4.90 Å². The number of anilines is 3. The van der Waals surface area contributed by atoms with Crippen molar-refractivity contribution in [3.63, 3.8) is 0 Å². The zero-order valence-electron chi connectivity index (χ0n) is 42.9. The lowest BCUT2D eigenvalue weighted by Crippen LogP contribution is -2.26. The first-order chi connectivity index (χ1) is 38.0. The summed E-state index contributed by atoms with van der Waals surface area (Å²) < 4.78 is 0. The number of benzene rings is 12. The summed E-state index contributed by atoms with van der Waals surface area (Å²) in [6.07, 6.45) is 0. The van der Waals surface area contributed by atoms with Crippen molar-refractivity contribution in [2.45, 2.75) is 24.7 Å². The van der Waals surface area contributed by atoms with E-state index in [9.17, 15) is 0 Å². The molecule has 2 spiro atoms. The highest BCUT2D eigenvalue weighted by Crippen LogP contribution is 2.65. The topological polar surface area (TPSA) is 3.24 Å². The summed E-state index contributed by atoms with van der Waals surface area (Å²) in [6, 6.07) is 103. The molecule has 0 N–H and O–H groups in total. The van der Waals surface area contributed by atoms with E-state index in [1.165, 1.54) is 134 Å². The van der Waals surface area contributed by atoms with Gasteiger partial charge in [-0.15, -0.1) is 0 Å². The second-order valence-corrected chi connectivity index (χ2v) is 21.7. The van der Waals surface area contributed by atoms with Crippen LogP contribution in [0.3, 0.4) is 0 Å². The molecule has 0 radical (unpaired) electrons. The molecular weight excluding hydrogens is 927 g/mol. The van der Waals surface area contributed by atoms with Crippen molar-refractivity contribution in [1.29, 1.82) is 0 Å². The van der Waals surface area contributed by atoms with Gasteiger partial charge in [-0.1, -0.05) is 230 Å². The minimum Gasteiger partial charge on any atom is -0.310 e. The van der Waals surface area contributed by atoms with E-state index in [4.69, 9.17) is 0 Å². The van der Waals surface area contributed by atoms with Gasteiger partial charge in [0, 0.05) is 17.1 Å². The second-order valence-electron chi connectivity index (χ2n) is 21.7. The summed E-state index contributed by atoms with van der Waals surface area (Å²) in [5.41, 5.74) is 33.2. The molecule has 0 saturated heterocycles. The molecule has 0 saturated carbocycles. The molecule has 12 aromatic carbocycles. The van der Waals surface area contributed by atoms with Crippen molar-refractivity contribution >= 4 is 17.1 Å². The third-order valence-electron chi connectivity index (χ3n) is 17.5. The molecule has 360 valence electrons. The fourth-order valence-electron chi connectivity index (χ4n) is 14.6. The van der Waals surface area contributed by atoms with Gasteiger partial charge in [-0.25, -0.2) is 0 Å². The Morgan fingerprint density at radius 3 is 0.870 bits per heavy atom. The number of fused-ring (bicyclic) bond motifs is 20. The molecule has 12 aromatic rings. The first kappa shape index (κ1) is 43.8. The molecular formula is C76H51N. The van der Waals surface area contributed by atoms with Crippen molar-refractivity contribution < 1.29 is 0 Å². The van der Waals surface area contributed by atoms with Gasteiger partial charge in [-0.2, -0.15) is 0 Å². The van der Waals surface area contributed by atoms with Crippen molar-refractivity contribution in [2.75, 3.05) is 4.90 Å². The first-order valence-electron chi connectivity index (χ1n) is 27.1. The molecule has 77 heavy (non-hydrogen) atoms.